The summed E-state index contributed by atoms with van der Waals surface area (Å²) in [4.78, 5) is 52.4. The second-order valence-electron chi connectivity index (χ2n) is 4.79. The number of carbonyl (C=O) groups is 3. The number of hydrogen-bond donors (Lipinski definition) is 1. The highest BCUT2D eigenvalue weighted by molar-refractivity contribution is 6.21. The zero-order chi connectivity index (χ0) is 16.0. The maximum Gasteiger partial charge on any atom is 0.366 e. The molecule has 23 heavy (non-hydrogen) atoms. The van der Waals surface area contributed by atoms with E-state index in [4.69, 9.17) is 4.84 Å². The maximum atomic E-state index is 12.3. The van der Waals surface area contributed by atoms with Gasteiger partial charge in [0, 0.05) is 6.20 Å². The smallest absolute Gasteiger partial charge is 0.343 e. The number of fused-ring (bicyclic) bond motifs is 2. The number of imidazole rings is 1. The van der Waals surface area contributed by atoms with Gasteiger partial charge in [-0.15, -0.1) is 0 Å². The Hall–Kier alpha value is -3.55. The van der Waals surface area contributed by atoms with E-state index in [1.165, 1.54) is 30.7 Å². The lowest BCUT2D eigenvalue weighted by Gasteiger charge is -2.12. The number of benzene rings is 1. The van der Waals surface area contributed by atoms with Crippen LogP contribution in [-0.2, 0) is 4.84 Å². The van der Waals surface area contributed by atoms with Crippen molar-refractivity contribution in [2.45, 2.75) is 0 Å². The van der Waals surface area contributed by atoms with Crippen molar-refractivity contribution in [3.8, 4) is 0 Å². The number of carbonyl (C=O) groups excluding carboxylic acids is 3. The molecule has 8 nitrogen and oxygen atoms in total. The number of H-pyrrole nitrogens is 1. The molecule has 4 rings (SSSR count). The summed E-state index contributed by atoms with van der Waals surface area (Å²) in [5, 5.41) is 0.468. The summed E-state index contributed by atoms with van der Waals surface area (Å²) in [6.45, 7) is 0. The molecule has 1 aromatic carbocycles. The Bertz CT molecular complexity index is 943. The summed E-state index contributed by atoms with van der Waals surface area (Å²) < 4.78 is 0. The third-order valence-corrected chi connectivity index (χ3v) is 3.48. The van der Waals surface area contributed by atoms with Crippen LogP contribution in [0.3, 0.4) is 0 Å². The Morgan fingerprint density at radius 3 is 2.43 bits per heavy atom. The van der Waals surface area contributed by atoms with Gasteiger partial charge < -0.3 is 9.82 Å². The third kappa shape index (κ3) is 1.89. The molecule has 0 fully saturated rings. The zero-order valence-electron chi connectivity index (χ0n) is 11.5. The van der Waals surface area contributed by atoms with Gasteiger partial charge in [-0.3, -0.25) is 9.59 Å². The van der Waals surface area contributed by atoms with Gasteiger partial charge in [0.15, 0.2) is 5.65 Å². The maximum absolute atomic E-state index is 12.3. The summed E-state index contributed by atoms with van der Waals surface area (Å²) >= 11 is 0. The molecule has 0 unspecified atom stereocenters. The molecule has 0 bridgehead atoms. The van der Waals surface area contributed by atoms with Crippen LogP contribution in [0.2, 0.25) is 0 Å². The highest BCUT2D eigenvalue weighted by Crippen LogP contribution is 2.24. The molecule has 0 aliphatic carbocycles. The first kappa shape index (κ1) is 13.1. The summed E-state index contributed by atoms with van der Waals surface area (Å²) in [7, 11) is 0. The molecule has 0 saturated heterocycles. The van der Waals surface area contributed by atoms with Crippen molar-refractivity contribution in [3.05, 3.63) is 59.5 Å². The van der Waals surface area contributed by atoms with Gasteiger partial charge in [0.2, 0.25) is 0 Å². The SMILES string of the molecule is O=C(ON1C(=O)c2ccccc2C1=O)c1ccnc2nc[nH]c12. The van der Waals surface area contributed by atoms with Crippen molar-refractivity contribution < 1.29 is 19.2 Å². The van der Waals surface area contributed by atoms with Gasteiger partial charge in [-0.05, 0) is 18.2 Å². The molecule has 0 spiro atoms. The number of rotatable bonds is 2. The monoisotopic (exact) mass is 308 g/mol. The Balaban J connectivity index is 1.67. The van der Waals surface area contributed by atoms with E-state index in [0.717, 1.165) is 0 Å². The number of aromatic amines is 1. The lowest BCUT2D eigenvalue weighted by atomic mass is 10.1. The van der Waals surface area contributed by atoms with Gasteiger partial charge in [-0.1, -0.05) is 17.2 Å². The molecule has 0 saturated carbocycles. The van der Waals surface area contributed by atoms with Gasteiger partial charge in [-0.2, -0.15) is 0 Å². The number of hydrogen-bond acceptors (Lipinski definition) is 6. The molecular formula is C15H8N4O4. The van der Waals surface area contributed by atoms with Crippen LogP contribution in [0, 0.1) is 0 Å². The van der Waals surface area contributed by atoms with Crippen molar-refractivity contribution >= 4 is 28.9 Å². The van der Waals surface area contributed by atoms with Gasteiger partial charge in [0.05, 0.1) is 28.5 Å². The number of aromatic nitrogens is 3. The minimum absolute atomic E-state index is 0.129. The van der Waals surface area contributed by atoms with Crippen molar-refractivity contribution in [2.75, 3.05) is 0 Å². The second-order valence-corrected chi connectivity index (χ2v) is 4.79. The average molecular weight is 308 g/mol. The molecule has 1 N–H and O–H groups in total. The molecule has 3 aromatic rings. The van der Waals surface area contributed by atoms with E-state index in [2.05, 4.69) is 15.0 Å². The average Bonchev–Trinajstić information content (AvgIpc) is 3.14. The highest BCUT2D eigenvalue weighted by Gasteiger charge is 2.39. The molecule has 2 aromatic heterocycles. The first-order chi connectivity index (χ1) is 11.2. The summed E-state index contributed by atoms with van der Waals surface area (Å²) in [6.07, 6.45) is 2.78. The van der Waals surface area contributed by atoms with Crippen LogP contribution in [0.5, 0.6) is 0 Å². The molecule has 2 amide bonds. The van der Waals surface area contributed by atoms with E-state index in [-0.39, 0.29) is 16.7 Å². The fourth-order valence-electron chi connectivity index (χ4n) is 2.40. The Labute approximate surface area is 128 Å². The molecule has 0 atom stereocenters. The Morgan fingerprint density at radius 2 is 1.74 bits per heavy atom. The van der Waals surface area contributed by atoms with Gasteiger partial charge >= 0.3 is 5.97 Å². The molecule has 1 aliphatic heterocycles. The van der Waals surface area contributed by atoms with Crippen molar-refractivity contribution in [3.63, 3.8) is 0 Å². The van der Waals surface area contributed by atoms with Crippen LogP contribution in [0.4, 0.5) is 0 Å². The Kier molecular flexibility index (Phi) is 2.70. The number of nitrogens with zero attached hydrogens (tertiary/aromatic N) is 3. The third-order valence-electron chi connectivity index (χ3n) is 3.48. The summed E-state index contributed by atoms with van der Waals surface area (Å²) in [6, 6.07) is 7.69. The van der Waals surface area contributed by atoms with Crippen molar-refractivity contribution in [1.29, 1.82) is 0 Å². The zero-order valence-corrected chi connectivity index (χ0v) is 11.5. The molecular weight excluding hydrogens is 300 g/mol. The predicted molar refractivity (Wildman–Crippen MR) is 76.2 cm³/mol. The normalized spacial score (nSPS) is 13.5. The first-order valence-electron chi connectivity index (χ1n) is 6.65. The van der Waals surface area contributed by atoms with Gasteiger partial charge in [0.1, 0.15) is 0 Å². The van der Waals surface area contributed by atoms with E-state index in [9.17, 15) is 14.4 Å². The Morgan fingerprint density at radius 1 is 1.04 bits per heavy atom. The van der Waals surface area contributed by atoms with E-state index >= 15 is 0 Å². The van der Waals surface area contributed by atoms with Crippen LogP contribution in [-0.4, -0.2) is 37.8 Å². The number of pyridine rings is 1. The lowest BCUT2D eigenvalue weighted by molar-refractivity contribution is -0.0583. The first-order valence-corrected chi connectivity index (χ1v) is 6.65. The molecule has 8 heteroatoms. The van der Waals surface area contributed by atoms with Gasteiger partial charge in [0.25, 0.3) is 11.8 Å². The second kappa shape index (κ2) is 4.73. The molecule has 0 radical (unpaired) electrons. The standard InChI is InChI=1S/C15H8N4O4/c20-13-8-3-1-2-4-9(8)14(21)19(13)23-15(22)10-5-6-16-12-11(10)17-7-18-12/h1-7H,(H,16,17,18). The van der Waals surface area contributed by atoms with E-state index in [1.54, 1.807) is 12.1 Å². The van der Waals surface area contributed by atoms with Gasteiger partial charge in [-0.25, -0.2) is 14.8 Å². The molecule has 112 valence electrons. The fourth-order valence-corrected chi connectivity index (χ4v) is 2.40. The number of amides is 2. The predicted octanol–water partition coefficient (Wildman–Crippen LogP) is 1.33. The van der Waals surface area contributed by atoms with Crippen LogP contribution >= 0.6 is 0 Å². The summed E-state index contributed by atoms with van der Waals surface area (Å²) in [5.41, 5.74) is 1.23. The van der Waals surface area contributed by atoms with E-state index in [1.807, 2.05) is 0 Å². The minimum Gasteiger partial charge on any atom is -0.343 e. The van der Waals surface area contributed by atoms with Crippen LogP contribution in [0.1, 0.15) is 31.1 Å². The van der Waals surface area contributed by atoms with E-state index < -0.39 is 17.8 Å². The largest absolute Gasteiger partial charge is 0.366 e. The lowest BCUT2D eigenvalue weighted by Crippen LogP contribution is -2.32. The topological polar surface area (TPSA) is 105 Å². The molecule has 1 aliphatic rings. The number of hydroxylamine groups is 2. The van der Waals surface area contributed by atoms with Crippen LogP contribution in [0.15, 0.2) is 42.9 Å². The number of nitrogens with one attached hydrogen (secondary N) is 1. The highest BCUT2D eigenvalue weighted by atomic mass is 16.7. The fraction of sp³-hybridized carbons (Fsp3) is 0. The number of imide groups is 1. The molecule has 3 heterocycles. The van der Waals surface area contributed by atoms with Crippen LogP contribution < -0.4 is 0 Å². The quantitative estimate of drug-likeness (QED) is 0.716. The van der Waals surface area contributed by atoms with Crippen molar-refractivity contribution in [1.82, 2.24) is 20.0 Å². The minimum atomic E-state index is -0.851. The van der Waals surface area contributed by atoms with E-state index in [0.29, 0.717) is 16.2 Å². The van der Waals surface area contributed by atoms with Crippen LogP contribution in [0.25, 0.3) is 11.2 Å². The summed E-state index contributed by atoms with van der Waals surface area (Å²) in [5.74, 6) is -2.20. The van der Waals surface area contributed by atoms with Crippen molar-refractivity contribution in [2.24, 2.45) is 0 Å².